The first-order chi connectivity index (χ1) is 5.34. The fourth-order valence-electron chi connectivity index (χ4n) is 1.77. The highest BCUT2D eigenvalue weighted by Crippen LogP contribution is 2.18. The molecule has 2 heteroatoms. The molecule has 0 unspecified atom stereocenters. The van der Waals surface area contributed by atoms with Gasteiger partial charge in [-0.2, -0.15) is 0 Å². The van der Waals surface area contributed by atoms with E-state index in [-0.39, 0.29) is 6.04 Å². The van der Waals surface area contributed by atoms with E-state index in [9.17, 15) is 0 Å². The minimum atomic E-state index is 0.278. The molecule has 0 aromatic carbocycles. The van der Waals surface area contributed by atoms with Gasteiger partial charge in [0.05, 0.1) is 6.10 Å². The van der Waals surface area contributed by atoms with Gasteiger partial charge in [0.2, 0.25) is 0 Å². The van der Waals surface area contributed by atoms with Gasteiger partial charge in [-0.1, -0.05) is 25.7 Å². The van der Waals surface area contributed by atoms with Gasteiger partial charge in [-0.25, -0.2) is 0 Å². The quantitative estimate of drug-likeness (QED) is 0.628. The van der Waals surface area contributed by atoms with Crippen LogP contribution in [0.4, 0.5) is 0 Å². The van der Waals surface area contributed by atoms with Crippen LogP contribution < -0.4 is 5.73 Å². The maximum atomic E-state index is 5.93. The fourth-order valence-corrected chi connectivity index (χ4v) is 1.77. The summed E-state index contributed by atoms with van der Waals surface area (Å²) in [5.74, 6) is 0. The molecular weight excluding hydrogens is 138 g/mol. The van der Waals surface area contributed by atoms with Crippen LogP contribution in [0.1, 0.15) is 38.5 Å². The summed E-state index contributed by atoms with van der Waals surface area (Å²) in [6.07, 6.45) is 7.87. The maximum absolute atomic E-state index is 5.93. The molecule has 2 nitrogen and oxygen atoms in total. The highest BCUT2D eigenvalue weighted by molar-refractivity contribution is 4.75. The highest BCUT2D eigenvalue weighted by atomic mass is 16.5. The lowest BCUT2D eigenvalue weighted by atomic mass is 9.95. The van der Waals surface area contributed by atoms with E-state index in [2.05, 4.69) is 0 Å². The van der Waals surface area contributed by atoms with Crippen molar-refractivity contribution in [3.63, 3.8) is 0 Å². The van der Waals surface area contributed by atoms with Crippen molar-refractivity contribution in [3.8, 4) is 0 Å². The molecule has 66 valence electrons. The normalized spacial score (nSPS) is 34.4. The number of hydrogen-bond donors (Lipinski definition) is 1. The van der Waals surface area contributed by atoms with Crippen molar-refractivity contribution >= 4 is 0 Å². The lowest BCUT2D eigenvalue weighted by Crippen LogP contribution is -2.36. The van der Waals surface area contributed by atoms with Gasteiger partial charge in [0.15, 0.2) is 0 Å². The average Bonchev–Trinajstić information content (AvgIpc) is 1.98. The third kappa shape index (κ3) is 2.80. The third-order valence-corrected chi connectivity index (χ3v) is 2.56. The Morgan fingerprint density at radius 1 is 1.09 bits per heavy atom. The summed E-state index contributed by atoms with van der Waals surface area (Å²) in [6.45, 7) is 0. The standard InChI is InChI=1S/C9H19NO/c1-11-9-7-5-3-2-4-6-8(9)10/h8-9H,2-7,10H2,1H3/t8-,9+/m1/s1. The predicted molar refractivity (Wildman–Crippen MR) is 46.5 cm³/mol. The Morgan fingerprint density at radius 3 is 2.36 bits per heavy atom. The summed E-state index contributed by atoms with van der Waals surface area (Å²) in [6, 6.07) is 0.278. The van der Waals surface area contributed by atoms with E-state index in [1.165, 1.54) is 25.7 Å². The van der Waals surface area contributed by atoms with E-state index in [0.717, 1.165) is 12.8 Å². The molecule has 1 aliphatic carbocycles. The molecule has 11 heavy (non-hydrogen) atoms. The Labute approximate surface area is 69.1 Å². The molecule has 0 radical (unpaired) electrons. The second-order valence-corrected chi connectivity index (χ2v) is 3.43. The molecule has 1 fully saturated rings. The van der Waals surface area contributed by atoms with Crippen molar-refractivity contribution in [2.75, 3.05) is 7.11 Å². The van der Waals surface area contributed by atoms with Crippen LogP contribution in [0.2, 0.25) is 0 Å². The molecule has 0 aromatic rings. The van der Waals surface area contributed by atoms with Crippen molar-refractivity contribution in [2.45, 2.75) is 50.7 Å². The van der Waals surface area contributed by atoms with Gasteiger partial charge in [-0.05, 0) is 12.8 Å². The van der Waals surface area contributed by atoms with Gasteiger partial charge >= 0.3 is 0 Å². The minimum Gasteiger partial charge on any atom is -0.380 e. The van der Waals surface area contributed by atoms with Crippen LogP contribution in [0, 0.1) is 0 Å². The lowest BCUT2D eigenvalue weighted by molar-refractivity contribution is 0.0640. The van der Waals surface area contributed by atoms with Crippen molar-refractivity contribution in [1.29, 1.82) is 0 Å². The monoisotopic (exact) mass is 157 g/mol. The number of nitrogens with two attached hydrogens (primary N) is 1. The first-order valence-corrected chi connectivity index (χ1v) is 4.63. The fraction of sp³-hybridized carbons (Fsp3) is 1.00. The number of methoxy groups -OCH3 is 1. The Morgan fingerprint density at radius 2 is 1.73 bits per heavy atom. The van der Waals surface area contributed by atoms with Gasteiger partial charge in [0.25, 0.3) is 0 Å². The van der Waals surface area contributed by atoms with Crippen LogP contribution >= 0.6 is 0 Å². The molecule has 0 amide bonds. The van der Waals surface area contributed by atoms with Crippen LogP contribution in [0.3, 0.4) is 0 Å². The van der Waals surface area contributed by atoms with Gasteiger partial charge < -0.3 is 10.5 Å². The highest BCUT2D eigenvalue weighted by Gasteiger charge is 2.17. The molecule has 2 N–H and O–H groups in total. The topological polar surface area (TPSA) is 35.2 Å². The van der Waals surface area contributed by atoms with Crippen molar-refractivity contribution < 1.29 is 4.74 Å². The molecule has 1 aliphatic rings. The Bertz CT molecular complexity index is 106. The van der Waals surface area contributed by atoms with Gasteiger partial charge in [0, 0.05) is 13.2 Å². The van der Waals surface area contributed by atoms with E-state index < -0.39 is 0 Å². The first-order valence-electron chi connectivity index (χ1n) is 4.63. The Hall–Kier alpha value is -0.0800. The second kappa shape index (κ2) is 4.73. The largest absolute Gasteiger partial charge is 0.380 e. The summed E-state index contributed by atoms with van der Waals surface area (Å²) < 4.78 is 5.31. The number of hydrogen-bond acceptors (Lipinski definition) is 2. The summed E-state index contributed by atoms with van der Waals surface area (Å²) in [5.41, 5.74) is 5.93. The zero-order chi connectivity index (χ0) is 8.10. The predicted octanol–water partition coefficient (Wildman–Crippen LogP) is 1.68. The SMILES string of the molecule is CO[C@H]1CCCCCC[C@H]1N. The van der Waals surface area contributed by atoms with Crippen molar-refractivity contribution in [3.05, 3.63) is 0 Å². The van der Waals surface area contributed by atoms with E-state index in [1.54, 1.807) is 7.11 Å². The molecule has 2 atom stereocenters. The van der Waals surface area contributed by atoms with E-state index in [4.69, 9.17) is 10.5 Å². The molecule has 1 rings (SSSR count). The molecular formula is C9H19NO. The molecule has 1 saturated carbocycles. The van der Waals surface area contributed by atoms with Crippen LogP contribution in [0.15, 0.2) is 0 Å². The minimum absolute atomic E-state index is 0.278. The smallest absolute Gasteiger partial charge is 0.0722 e. The average molecular weight is 157 g/mol. The third-order valence-electron chi connectivity index (χ3n) is 2.56. The van der Waals surface area contributed by atoms with E-state index in [0.29, 0.717) is 6.10 Å². The van der Waals surface area contributed by atoms with Crippen LogP contribution in [-0.2, 0) is 4.74 Å². The van der Waals surface area contributed by atoms with E-state index >= 15 is 0 Å². The Balaban J connectivity index is 2.33. The summed E-state index contributed by atoms with van der Waals surface area (Å²) in [4.78, 5) is 0. The molecule has 0 aliphatic heterocycles. The molecule has 0 saturated heterocycles. The second-order valence-electron chi connectivity index (χ2n) is 3.43. The van der Waals surface area contributed by atoms with Gasteiger partial charge in [0.1, 0.15) is 0 Å². The van der Waals surface area contributed by atoms with Gasteiger partial charge in [-0.3, -0.25) is 0 Å². The number of ether oxygens (including phenoxy) is 1. The zero-order valence-electron chi connectivity index (χ0n) is 7.38. The lowest BCUT2D eigenvalue weighted by Gasteiger charge is -2.24. The van der Waals surface area contributed by atoms with Crippen LogP contribution in [-0.4, -0.2) is 19.3 Å². The number of rotatable bonds is 1. The van der Waals surface area contributed by atoms with Crippen molar-refractivity contribution in [2.24, 2.45) is 5.73 Å². The maximum Gasteiger partial charge on any atom is 0.0722 e. The van der Waals surface area contributed by atoms with Gasteiger partial charge in [-0.15, -0.1) is 0 Å². The van der Waals surface area contributed by atoms with Crippen molar-refractivity contribution in [1.82, 2.24) is 0 Å². The van der Waals surface area contributed by atoms with Crippen LogP contribution in [0.5, 0.6) is 0 Å². The summed E-state index contributed by atoms with van der Waals surface area (Å²) >= 11 is 0. The summed E-state index contributed by atoms with van der Waals surface area (Å²) in [7, 11) is 1.77. The zero-order valence-corrected chi connectivity index (χ0v) is 7.38. The first kappa shape index (κ1) is 9.01. The molecule has 0 heterocycles. The molecule has 0 bridgehead atoms. The van der Waals surface area contributed by atoms with E-state index in [1.807, 2.05) is 0 Å². The summed E-state index contributed by atoms with van der Waals surface area (Å²) in [5, 5.41) is 0. The Kier molecular flexibility index (Phi) is 3.87. The van der Waals surface area contributed by atoms with Crippen LogP contribution in [0.25, 0.3) is 0 Å². The molecule has 0 aromatic heterocycles. The molecule has 0 spiro atoms.